The second kappa shape index (κ2) is 6.70. The van der Waals surface area contributed by atoms with E-state index in [2.05, 4.69) is 4.98 Å². The Kier molecular flexibility index (Phi) is 4.36. The van der Waals surface area contributed by atoms with Gasteiger partial charge >= 0.3 is 5.97 Å². The molecule has 1 N–H and O–H groups in total. The van der Waals surface area contributed by atoms with Gasteiger partial charge in [-0.2, -0.15) is 0 Å². The lowest BCUT2D eigenvalue weighted by Crippen LogP contribution is -2.30. The number of carboxylic acid groups (broad SMARTS) is 1. The number of fused-ring (bicyclic) bond motifs is 1. The molecule has 0 saturated carbocycles. The molecule has 2 atom stereocenters. The lowest BCUT2D eigenvalue weighted by atomic mass is 9.89. The van der Waals surface area contributed by atoms with Crippen LogP contribution in [0.1, 0.15) is 27.5 Å². The summed E-state index contributed by atoms with van der Waals surface area (Å²) >= 11 is 5.93. The highest BCUT2D eigenvalue weighted by Gasteiger charge is 2.41. The Hall–Kier alpha value is -2.86. The minimum Gasteiger partial charge on any atom is -0.481 e. The number of carbonyl (C=O) groups excluding carboxylic acids is 1. The summed E-state index contributed by atoms with van der Waals surface area (Å²) in [6.45, 7) is 2.46. The molecule has 1 saturated heterocycles. The summed E-state index contributed by atoms with van der Waals surface area (Å²) in [5, 5.41) is 10.2. The number of hydrogen-bond donors (Lipinski definition) is 1. The van der Waals surface area contributed by atoms with Crippen molar-refractivity contribution in [2.45, 2.75) is 12.8 Å². The number of nitrogens with zero attached hydrogens (tertiary/aromatic N) is 3. The van der Waals surface area contributed by atoms with Crippen LogP contribution >= 0.6 is 11.6 Å². The standard InChI is InChI=1S/C20H18ClN3O3/c1-12-6-7-23-11-17(22-18(23)8-12)19(25)24-9-15(16(10-24)20(26)27)13-2-4-14(21)5-3-13/h2-8,11,15-16H,9-10H2,1H3,(H,26,27)/t15-,16+/m0/s1. The zero-order chi connectivity index (χ0) is 19.1. The number of carboxylic acids is 1. The van der Waals surface area contributed by atoms with E-state index in [4.69, 9.17) is 11.6 Å². The monoisotopic (exact) mass is 383 g/mol. The first-order valence-electron chi connectivity index (χ1n) is 8.65. The molecule has 3 aromatic rings. The van der Waals surface area contributed by atoms with Gasteiger partial charge in [0.15, 0.2) is 0 Å². The number of amides is 1. The minimum atomic E-state index is -0.907. The summed E-state index contributed by atoms with van der Waals surface area (Å²) in [5.41, 5.74) is 2.94. The van der Waals surface area contributed by atoms with Gasteiger partial charge in [-0.15, -0.1) is 0 Å². The fourth-order valence-electron chi connectivity index (χ4n) is 3.62. The Morgan fingerprint density at radius 1 is 1.19 bits per heavy atom. The zero-order valence-electron chi connectivity index (χ0n) is 14.7. The van der Waals surface area contributed by atoms with Crippen LogP contribution < -0.4 is 0 Å². The van der Waals surface area contributed by atoms with Crippen LogP contribution in [0.3, 0.4) is 0 Å². The average Bonchev–Trinajstić information content (AvgIpc) is 3.25. The van der Waals surface area contributed by atoms with Crippen molar-refractivity contribution in [3.05, 3.63) is 70.6 Å². The molecule has 1 fully saturated rings. The molecule has 1 amide bonds. The number of likely N-dealkylation sites (tertiary alicyclic amines) is 1. The molecule has 27 heavy (non-hydrogen) atoms. The molecule has 138 valence electrons. The Morgan fingerprint density at radius 2 is 1.93 bits per heavy atom. The van der Waals surface area contributed by atoms with Crippen molar-refractivity contribution in [3.8, 4) is 0 Å². The summed E-state index contributed by atoms with van der Waals surface area (Å²) in [6, 6.07) is 11.0. The smallest absolute Gasteiger partial charge is 0.308 e. The third kappa shape index (κ3) is 3.28. The molecule has 0 radical (unpaired) electrons. The molecular formula is C20H18ClN3O3. The molecule has 0 bridgehead atoms. The molecule has 1 aromatic carbocycles. The number of pyridine rings is 1. The molecule has 1 aliphatic rings. The van der Waals surface area contributed by atoms with Gasteiger partial charge < -0.3 is 14.4 Å². The van der Waals surface area contributed by atoms with Gasteiger partial charge in [0.05, 0.1) is 5.92 Å². The average molecular weight is 384 g/mol. The zero-order valence-corrected chi connectivity index (χ0v) is 15.4. The van der Waals surface area contributed by atoms with Crippen LogP contribution in [-0.4, -0.2) is 44.4 Å². The van der Waals surface area contributed by atoms with E-state index in [0.717, 1.165) is 11.1 Å². The lowest BCUT2D eigenvalue weighted by molar-refractivity contribution is -0.141. The van der Waals surface area contributed by atoms with Gasteiger partial charge in [0.25, 0.3) is 5.91 Å². The highest BCUT2D eigenvalue weighted by molar-refractivity contribution is 6.30. The third-order valence-electron chi connectivity index (χ3n) is 5.06. The van der Waals surface area contributed by atoms with E-state index in [1.165, 1.54) is 0 Å². The first-order chi connectivity index (χ1) is 12.9. The van der Waals surface area contributed by atoms with Crippen molar-refractivity contribution < 1.29 is 14.7 Å². The number of hydrogen-bond acceptors (Lipinski definition) is 3. The Labute approximate surface area is 161 Å². The van der Waals surface area contributed by atoms with Gasteiger partial charge in [0.2, 0.25) is 0 Å². The number of carbonyl (C=O) groups is 2. The van der Waals surface area contributed by atoms with E-state index < -0.39 is 11.9 Å². The summed E-state index contributed by atoms with van der Waals surface area (Å²) in [5.74, 6) is -2.09. The Bertz CT molecular complexity index is 1030. The molecular weight excluding hydrogens is 366 g/mol. The number of aryl methyl sites for hydroxylation is 1. The Balaban J connectivity index is 1.62. The third-order valence-corrected chi connectivity index (χ3v) is 5.31. The van der Waals surface area contributed by atoms with Crippen LogP contribution in [0.15, 0.2) is 48.8 Å². The van der Waals surface area contributed by atoms with Gasteiger partial charge in [-0.25, -0.2) is 4.98 Å². The molecule has 1 aliphatic heterocycles. The maximum Gasteiger partial charge on any atom is 0.308 e. The highest BCUT2D eigenvalue weighted by Crippen LogP contribution is 2.34. The van der Waals surface area contributed by atoms with Crippen molar-refractivity contribution in [1.82, 2.24) is 14.3 Å². The predicted octanol–water partition coefficient (Wildman–Crippen LogP) is 3.24. The number of aliphatic carboxylic acids is 1. The van der Waals surface area contributed by atoms with Crippen LogP contribution in [0.2, 0.25) is 5.02 Å². The quantitative estimate of drug-likeness (QED) is 0.753. The lowest BCUT2D eigenvalue weighted by Gasteiger charge is -2.15. The van der Waals surface area contributed by atoms with E-state index in [0.29, 0.717) is 22.9 Å². The van der Waals surface area contributed by atoms with Crippen LogP contribution in [0.5, 0.6) is 0 Å². The van der Waals surface area contributed by atoms with Crippen LogP contribution in [0, 0.1) is 12.8 Å². The van der Waals surface area contributed by atoms with Crippen molar-refractivity contribution in [3.63, 3.8) is 0 Å². The molecule has 0 spiro atoms. The molecule has 7 heteroatoms. The van der Waals surface area contributed by atoms with Gasteiger partial charge in [-0.1, -0.05) is 23.7 Å². The van der Waals surface area contributed by atoms with Gasteiger partial charge in [0.1, 0.15) is 11.3 Å². The fourth-order valence-corrected chi connectivity index (χ4v) is 3.74. The van der Waals surface area contributed by atoms with Crippen molar-refractivity contribution in [1.29, 1.82) is 0 Å². The van der Waals surface area contributed by atoms with Crippen LogP contribution in [-0.2, 0) is 4.79 Å². The molecule has 0 aliphatic carbocycles. The van der Waals surface area contributed by atoms with Crippen LogP contribution in [0.4, 0.5) is 0 Å². The second-order valence-electron chi connectivity index (χ2n) is 6.91. The maximum absolute atomic E-state index is 12.9. The first kappa shape index (κ1) is 17.5. The van der Waals surface area contributed by atoms with E-state index >= 15 is 0 Å². The predicted molar refractivity (Wildman–Crippen MR) is 101 cm³/mol. The fraction of sp³-hybridized carbons (Fsp3) is 0.250. The van der Waals surface area contributed by atoms with Gasteiger partial charge in [-0.05, 0) is 42.3 Å². The minimum absolute atomic E-state index is 0.161. The molecule has 2 aromatic heterocycles. The Morgan fingerprint density at radius 3 is 2.63 bits per heavy atom. The molecule has 0 unspecified atom stereocenters. The van der Waals surface area contributed by atoms with Crippen molar-refractivity contribution in [2.24, 2.45) is 5.92 Å². The largest absolute Gasteiger partial charge is 0.481 e. The number of benzene rings is 1. The summed E-state index contributed by atoms with van der Waals surface area (Å²) < 4.78 is 1.79. The van der Waals surface area contributed by atoms with Gasteiger partial charge in [0, 0.05) is 36.4 Å². The van der Waals surface area contributed by atoms with E-state index in [1.807, 2.05) is 37.4 Å². The number of imidazole rings is 1. The summed E-state index contributed by atoms with van der Waals surface area (Å²) in [4.78, 5) is 30.7. The number of rotatable bonds is 3. The van der Waals surface area contributed by atoms with Crippen LogP contribution in [0.25, 0.3) is 5.65 Å². The summed E-state index contributed by atoms with van der Waals surface area (Å²) in [6.07, 6.45) is 3.54. The van der Waals surface area contributed by atoms with Crippen molar-refractivity contribution >= 4 is 29.1 Å². The number of halogens is 1. The summed E-state index contributed by atoms with van der Waals surface area (Å²) in [7, 11) is 0. The second-order valence-corrected chi connectivity index (χ2v) is 7.35. The van der Waals surface area contributed by atoms with E-state index in [-0.39, 0.29) is 18.4 Å². The highest BCUT2D eigenvalue weighted by atomic mass is 35.5. The SMILES string of the molecule is Cc1ccn2cc(C(=O)N3C[C@@H](C(=O)O)[C@H](c4ccc(Cl)cc4)C3)nc2c1. The topological polar surface area (TPSA) is 74.9 Å². The molecule has 6 nitrogen and oxygen atoms in total. The van der Waals surface area contributed by atoms with E-state index in [1.54, 1.807) is 27.6 Å². The van der Waals surface area contributed by atoms with Crippen molar-refractivity contribution in [2.75, 3.05) is 13.1 Å². The normalized spacial score (nSPS) is 19.6. The molecule has 3 heterocycles. The molecule has 4 rings (SSSR count). The van der Waals surface area contributed by atoms with Gasteiger partial charge in [-0.3, -0.25) is 9.59 Å². The first-order valence-corrected chi connectivity index (χ1v) is 9.03. The number of aromatic nitrogens is 2. The van der Waals surface area contributed by atoms with E-state index in [9.17, 15) is 14.7 Å². The maximum atomic E-state index is 12.9.